The molecule has 0 saturated heterocycles. The van der Waals surface area contributed by atoms with Crippen LogP contribution in [0.3, 0.4) is 0 Å². The van der Waals surface area contributed by atoms with E-state index in [2.05, 4.69) is 25.1 Å². The largest absolute Gasteiger partial charge is 0.364 e. The van der Waals surface area contributed by atoms with Crippen LogP contribution >= 0.6 is 0 Å². The maximum atomic E-state index is 5.19. The van der Waals surface area contributed by atoms with Gasteiger partial charge >= 0.3 is 0 Å². The Morgan fingerprint density at radius 3 is 2.83 bits per heavy atom. The Morgan fingerprint density at radius 2 is 2.00 bits per heavy atom. The summed E-state index contributed by atoms with van der Waals surface area (Å²) >= 11 is 0. The molecule has 0 aromatic carbocycles. The molecule has 1 heterocycles. The lowest BCUT2D eigenvalue weighted by molar-refractivity contribution is -0.0308. The fourth-order valence-corrected chi connectivity index (χ4v) is 7.63. The zero-order chi connectivity index (χ0) is 16.4. The van der Waals surface area contributed by atoms with Crippen LogP contribution in [0, 0.1) is 28.6 Å². The number of rotatable bonds is 1. The van der Waals surface area contributed by atoms with E-state index in [0.29, 0.717) is 16.7 Å². The molecule has 0 unspecified atom stereocenters. The SMILES string of the molecule is C[C@]12CC[C@H]3[C@@H](CC=C4CCCC[C@@]43C)[C@H]1CC[C@@H]2c1cnoc1. The average Bonchev–Trinajstić information content (AvgIpc) is 3.20. The fraction of sp³-hybridized carbons (Fsp3) is 0.773. The van der Waals surface area contributed by atoms with Gasteiger partial charge in [0.15, 0.2) is 0 Å². The van der Waals surface area contributed by atoms with Gasteiger partial charge in [-0.25, -0.2) is 0 Å². The normalized spacial score (nSPS) is 47.5. The van der Waals surface area contributed by atoms with Gasteiger partial charge in [-0.2, -0.15) is 0 Å². The van der Waals surface area contributed by atoms with Crippen LogP contribution in [0.25, 0.3) is 0 Å². The number of fused-ring (bicyclic) bond motifs is 5. The smallest absolute Gasteiger partial charge is 0.127 e. The molecule has 2 heteroatoms. The van der Waals surface area contributed by atoms with Gasteiger partial charge in [-0.05, 0) is 85.9 Å². The van der Waals surface area contributed by atoms with Crippen LogP contribution in [0.2, 0.25) is 0 Å². The molecule has 3 saturated carbocycles. The Labute approximate surface area is 146 Å². The molecule has 1 aromatic heterocycles. The van der Waals surface area contributed by atoms with Gasteiger partial charge in [0, 0.05) is 5.56 Å². The van der Waals surface area contributed by atoms with Gasteiger partial charge in [0.2, 0.25) is 0 Å². The number of allylic oxidation sites excluding steroid dienone is 2. The van der Waals surface area contributed by atoms with Gasteiger partial charge in [0.25, 0.3) is 0 Å². The van der Waals surface area contributed by atoms with Gasteiger partial charge in [-0.15, -0.1) is 0 Å². The van der Waals surface area contributed by atoms with Gasteiger partial charge in [0.1, 0.15) is 6.26 Å². The highest BCUT2D eigenvalue weighted by Gasteiger charge is 2.58. The molecule has 5 rings (SSSR count). The minimum Gasteiger partial charge on any atom is -0.364 e. The Balaban J connectivity index is 1.49. The van der Waals surface area contributed by atoms with Gasteiger partial charge in [0.05, 0.1) is 6.20 Å². The Morgan fingerprint density at radius 1 is 1.08 bits per heavy atom. The van der Waals surface area contributed by atoms with Crippen molar-refractivity contribution in [2.45, 2.75) is 77.6 Å². The zero-order valence-electron chi connectivity index (χ0n) is 15.3. The maximum absolute atomic E-state index is 5.19. The highest BCUT2D eigenvalue weighted by molar-refractivity contribution is 5.26. The molecule has 24 heavy (non-hydrogen) atoms. The van der Waals surface area contributed by atoms with E-state index in [9.17, 15) is 0 Å². The zero-order valence-corrected chi connectivity index (χ0v) is 15.3. The van der Waals surface area contributed by atoms with E-state index in [-0.39, 0.29) is 0 Å². The summed E-state index contributed by atoms with van der Waals surface area (Å²) in [6.07, 6.45) is 19.2. The summed E-state index contributed by atoms with van der Waals surface area (Å²) in [6.45, 7) is 5.20. The highest BCUT2D eigenvalue weighted by Crippen LogP contribution is 2.67. The van der Waals surface area contributed by atoms with E-state index < -0.39 is 0 Å². The highest BCUT2D eigenvalue weighted by atomic mass is 16.5. The first-order chi connectivity index (χ1) is 11.6. The number of aromatic nitrogens is 1. The molecule has 4 aliphatic carbocycles. The Bertz CT molecular complexity index is 647. The van der Waals surface area contributed by atoms with Crippen LogP contribution in [0.15, 0.2) is 28.6 Å². The Kier molecular flexibility index (Phi) is 3.31. The quantitative estimate of drug-likeness (QED) is 0.582. The van der Waals surface area contributed by atoms with Crippen molar-refractivity contribution in [1.82, 2.24) is 5.16 Å². The van der Waals surface area contributed by atoms with Crippen LogP contribution in [0.1, 0.15) is 83.1 Å². The van der Waals surface area contributed by atoms with Crippen molar-refractivity contribution >= 4 is 0 Å². The lowest BCUT2D eigenvalue weighted by Crippen LogP contribution is -2.49. The van der Waals surface area contributed by atoms with Crippen LogP contribution < -0.4 is 0 Å². The van der Waals surface area contributed by atoms with Crippen molar-refractivity contribution < 1.29 is 4.52 Å². The van der Waals surface area contributed by atoms with Crippen molar-refractivity contribution in [3.63, 3.8) is 0 Å². The molecular formula is C22H31NO. The third-order valence-electron chi connectivity index (χ3n) is 8.87. The van der Waals surface area contributed by atoms with Crippen LogP contribution in [0.5, 0.6) is 0 Å². The van der Waals surface area contributed by atoms with Gasteiger partial charge in [-0.1, -0.05) is 37.1 Å². The second-order valence-corrected chi connectivity index (χ2v) is 9.60. The molecule has 0 aliphatic heterocycles. The third kappa shape index (κ3) is 1.92. The minimum absolute atomic E-state index is 0.461. The van der Waals surface area contributed by atoms with Crippen molar-refractivity contribution in [2.75, 3.05) is 0 Å². The molecule has 0 N–H and O–H groups in total. The second-order valence-electron chi connectivity index (χ2n) is 9.60. The first-order valence-corrected chi connectivity index (χ1v) is 10.2. The average molecular weight is 325 g/mol. The van der Waals surface area contributed by atoms with Crippen molar-refractivity contribution in [2.24, 2.45) is 28.6 Å². The van der Waals surface area contributed by atoms with E-state index in [1.165, 1.54) is 63.4 Å². The minimum atomic E-state index is 0.461. The number of hydrogen-bond donors (Lipinski definition) is 0. The summed E-state index contributed by atoms with van der Waals surface area (Å²) in [5.41, 5.74) is 4.17. The van der Waals surface area contributed by atoms with Crippen LogP contribution in [0.4, 0.5) is 0 Å². The Hall–Kier alpha value is -1.05. The first-order valence-electron chi connectivity index (χ1n) is 10.2. The fourth-order valence-electron chi connectivity index (χ4n) is 7.63. The predicted octanol–water partition coefficient (Wildman–Crippen LogP) is 6.11. The standard InChI is InChI=1S/C22H31NO/c1-21-11-4-3-5-16(21)6-7-17-19-9-8-18(15-13-23-24-14-15)22(19,2)12-10-20(17)21/h6,13-14,17-20H,3-5,7-12H2,1-2H3/t17-,18+,19+,20-,21-,22+/m0/s1. The van der Waals surface area contributed by atoms with E-state index in [1.54, 1.807) is 0 Å². The van der Waals surface area contributed by atoms with Crippen LogP contribution in [-0.4, -0.2) is 5.16 Å². The lowest BCUT2D eigenvalue weighted by atomic mass is 9.47. The molecule has 0 amide bonds. The van der Waals surface area contributed by atoms with E-state index >= 15 is 0 Å². The summed E-state index contributed by atoms with van der Waals surface area (Å²) in [7, 11) is 0. The molecular weight excluding hydrogens is 294 g/mol. The number of nitrogens with zero attached hydrogens (tertiary/aromatic N) is 1. The molecule has 3 fully saturated rings. The first kappa shape index (κ1) is 15.2. The molecule has 0 radical (unpaired) electrons. The second kappa shape index (κ2) is 5.22. The third-order valence-corrected chi connectivity index (χ3v) is 8.87. The van der Waals surface area contributed by atoms with E-state index in [1.807, 2.05) is 18.0 Å². The summed E-state index contributed by atoms with van der Waals surface area (Å²) in [5, 5.41) is 4.00. The number of hydrogen-bond acceptors (Lipinski definition) is 2. The molecule has 0 bridgehead atoms. The summed E-state index contributed by atoms with van der Waals surface area (Å²) in [6, 6.07) is 0. The molecule has 0 spiro atoms. The monoisotopic (exact) mass is 325 g/mol. The van der Waals surface area contributed by atoms with Crippen molar-refractivity contribution in [3.05, 3.63) is 29.7 Å². The van der Waals surface area contributed by atoms with Crippen molar-refractivity contribution in [3.8, 4) is 0 Å². The molecule has 6 atom stereocenters. The molecule has 130 valence electrons. The van der Waals surface area contributed by atoms with Crippen molar-refractivity contribution in [1.29, 1.82) is 0 Å². The van der Waals surface area contributed by atoms with Gasteiger partial charge < -0.3 is 4.52 Å². The van der Waals surface area contributed by atoms with E-state index in [0.717, 1.165) is 17.8 Å². The molecule has 1 aromatic rings. The summed E-state index contributed by atoms with van der Waals surface area (Å²) < 4.78 is 5.19. The van der Waals surface area contributed by atoms with Crippen LogP contribution in [-0.2, 0) is 0 Å². The summed E-state index contributed by atoms with van der Waals surface area (Å²) in [4.78, 5) is 0. The molecule has 4 aliphatic rings. The predicted molar refractivity (Wildman–Crippen MR) is 95.6 cm³/mol. The topological polar surface area (TPSA) is 26.0 Å². The summed E-state index contributed by atoms with van der Waals surface area (Å²) in [5.74, 6) is 3.42. The van der Waals surface area contributed by atoms with Gasteiger partial charge in [-0.3, -0.25) is 0 Å². The van der Waals surface area contributed by atoms with E-state index in [4.69, 9.17) is 4.52 Å². The lowest BCUT2D eigenvalue weighted by Gasteiger charge is -2.57. The maximum Gasteiger partial charge on any atom is 0.127 e. The molecule has 2 nitrogen and oxygen atoms in total.